The summed E-state index contributed by atoms with van der Waals surface area (Å²) in [5, 5.41) is 9.53. The second kappa shape index (κ2) is 4.01. The third kappa shape index (κ3) is 2.04. The van der Waals surface area contributed by atoms with Crippen molar-refractivity contribution >= 4 is 17.8 Å². The van der Waals surface area contributed by atoms with E-state index >= 15 is 0 Å². The van der Waals surface area contributed by atoms with Crippen LogP contribution in [-0.4, -0.2) is 28.8 Å². The van der Waals surface area contributed by atoms with Crippen LogP contribution in [0.3, 0.4) is 0 Å². The predicted molar refractivity (Wildman–Crippen MR) is 61.9 cm³/mol. The van der Waals surface area contributed by atoms with E-state index in [0.717, 1.165) is 12.1 Å². The summed E-state index contributed by atoms with van der Waals surface area (Å²) >= 11 is 0. The summed E-state index contributed by atoms with van der Waals surface area (Å²) in [5.41, 5.74) is 0.422. The van der Waals surface area contributed by atoms with Crippen LogP contribution in [0.4, 0.5) is 4.39 Å². The molecule has 17 heavy (non-hydrogen) atoms. The number of phenols is 1. The molecule has 1 heterocycles. The summed E-state index contributed by atoms with van der Waals surface area (Å²) in [7, 11) is 1.60. The molecule has 1 aliphatic heterocycles. The van der Waals surface area contributed by atoms with Crippen molar-refractivity contribution in [3.63, 3.8) is 0 Å². The van der Waals surface area contributed by atoms with Gasteiger partial charge in [0, 0.05) is 12.6 Å². The lowest BCUT2D eigenvalue weighted by atomic mass is 10.1. The second-order valence-electron chi connectivity index (χ2n) is 3.76. The van der Waals surface area contributed by atoms with Crippen LogP contribution in [0.15, 0.2) is 28.9 Å². The quantitative estimate of drug-likeness (QED) is 0.753. The Labute approximate surface area is 97.7 Å². The highest BCUT2D eigenvalue weighted by atomic mass is 19.1. The van der Waals surface area contributed by atoms with Crippen molar-refractivity contribution in [1.82, 2.24) is 4.90 Å². The van der Waals surface area contributed by atoms with Gasteiger partial charge in [-0.2, -0.15) is 0 Å². The summed E-state index contributed by atoms with van der Waals surface area (Å²) in [5.74, 6) is -0.272. The summed E-state index contributed by atoms with van der Waals surface area (Å²) in [6.45, 7) is 1.70. The molecule has 88 valence electrons. The van der Waals surface area contributed by atoms with Crippen molar-refractivity contribution in [3.05, 3.63) is 35.3 Å². The molecular formula is C12H11FN2O2. The summed E-state index contributed by atoms with van der Waals surface area (Å²) in [6, 6.07) is 3.54. The van der Waals surface area contributed by atoms with Gasteiger partial charge >= 0.3 is 0 Å². The zero-order valence-electron chi connectivity index (χ0n) is 9.44. The smallest absolute Gasteiger partial charge is 0.277 e. The maximum atomic E-state index is 13.0. The first kappa shape index (κ1) is 11.3. The van der Waals surface area contributed by atoms with Crippen LogP contribution >= 0.6 is 0 Å². The molecule has 1 aliphatic rings. The Bertz CT molecular complexity index is 549. The SMILES string of the molecule is CC1=N/C(=C\c2cc(F)ccc2O)C(=O)N1C. The molecule has 0 unspecified atom stereocenters. The molecule has 1 N–H and O–H groups in total. The van der Waals surface area contributed by atoms with Gasteiger partial charge in [0.05, 0.1) is 0 Å². The van der Waals surface area contributed by atoms with E-state index in [9.17, 15) is 14.3 Å². The van der Waals surface area contributed by atoms with Gasteiger partial charge in [-0.15, -0.1) is 0 Å². The van der Waals surface area contributed by atoms with Gasteiger partial charge in [0.25, 0.3) is 5.91 Å². The van der Waals surface area contributed by atoms with Gasteiger partial charge in [-0.1, -0.05) is 0 Å². The number of carbonyl (C=O) groups is 1. The number of aliphatic imine (C=N–C) groups is 1. The maximum Gasteiger partial charge on any atom is 0.277 e. The number of benzene rings is 1. The molecule has 0 bridgehead atoms. The minimum Gasteiger partial charge on any atom is -0.507 e. The third-order valence-corrected chi connectivity index (χ3v) is 2.57. The largest absolute Gasteiger partial charge is 0.507 e. The zero-order chi connectivity index (χ0) is 12.6. The molecule has 0 aliphatic carbocycles. The van der Waals surface area contributed by atoms with Crippen molar-refractivity contribution < 1.29 is 14.3 Å². The van der Waals surface area contributed by atoms with Crippen LogP contribution in [0.5, 0.6) is 5.75 Å². The van der Waals surface area contributed by atoms with Gasteiger partial charge in [0.2, 0.25) is 0 Å². The highest BCUT2D eigenvalue weighted by molar-refractivity contribution is 6.13. The molecule has 4 nitrogen and oxygen atoms in total. The van der Waals surface area contributed by atoms with E-state index in [-0.39, 0.29) is 22.9 Å². The van der Waals surface area contributed by atoms with Gasteiger partial charge in [0.15, 0.2) is 0 Å². The molecule has 0 saturated carbocycles. The molecule has 1 aromatic carbocycles. The van der Waals surface area contributed by atoms with Crippen LogP contribution in [0.25, 0.3) is 6.08 Å². The van der Waals surface area contributed by atoms with E-state index in [4.69, 9.17) is 0 Å². The number of amidine groups is 1. The van der Waals surface area contributed by atoms with E-state index in [2.05, 4.69) is 4.99 Å². The molecule has 0 aromatic heterocycles. The molecule has 0 radical (unpaired) electrons. The average Bonchev–Trinajstić information content (AvgIpc) is 2.52. The predicted octanol–water partition coefficient (Wildman–Crippen LogP) is 1.76. The maximum absolute atomic E-state index is 13.0. The lowest BCUT2D eigenvalue weighted by Crippen LogP contribution is -2.25. The fourth-order valence-electron chi connectivity index (χ4n) is 1.50. The van der Waals surface area contributed by atoms with Crippen LogP contribution in [0.1, 0.15) is 12.5 Å². The molecule has 0 atom stereocenters. The number of rotatable bonds is 1. The molecule has 1 amide bonds. The Kier molecular flexibility index (Phi) is 2.67. The topological polar surface area (TPSA) is 52.9 Å². The Morgan fingerprint density at radius 1 is 1.47 bits per heavy atom. The molecule has 0 fully saturated rings. The van der Waals surface area contributed by atoms with Gasteiger partial charge in [-0.3, -0.25) is 9.69 Å². The number of hydrogen-bond acceptors (Lipinski definition) is 3. The molecule has 0 spiro atoms. The number of nitrogens with zero attached hydrogens (tertiary/aromatic N) is 2. The summed E-state index contributed by atoms with van der Waals surface area (Å²) in [6.07, 6.45) is 1.37. The van der Waals surface area contributed by atoms with Crippen LogP contribution < -0.4 is 0 Å². The number of amides is 1. The van der Waals surface area contributed by atoms with Gasteiger partial charge in [0.1, 0.15) is 23.1 Å². The number of halogens is 1. The number of phenolic OH excluding ortho intramolecular Hbond substituents is 1. The fourth-order valence-corrected chi connectivity index (χ4v) is 1.50. The normalized spacial score (nSPS) is 17.8. The third-order valence-electron chi connectivity index (χ3n) is 2.57. The number of carbonyl (C=O) groups excluding carboxylic acids is 1. The van der Waals surface area contributed by atoms with Crippen molar-refractivity contribution in [2.75, 3.05) is 7.05 Å². The van der Waals surface area contributed by atoms with Crippen LogP contribution in [0.2, 0.25) is 0 Å². The summed E-state index contributed by atoms with van der Waals surface area (Å²) in [4.78, 5) is 17.1. The Morgan fingerprint density at radius 3 is 2.76 bits per heavy atom. The Hall–Kier alpha value is -2.17. The number of aromatic hydroxyl groups is 1. The molecule has 0 saturated heterocycles. The van der Waals surface area contributed by atoms with Crippen molar-refractivity contribution in [1.29, 1.82) is 0 Å². The zero-order valence-corrected chi connectivity index (χ0v) is 9.44. The van der Waals surface area contributed by atoms with Crippen molar-refractivity contribution in [3.8, 4) is 5.75 Å². The van der Waals surface area contributed by atoms with Crippen molar-refractivity contribution in [2.45, 2.75) is 6.92 Å². The second-order valence-corrected chi connectivity index (χ2v) is 3.76. The molecular weight excluding hydrogens is 223 g/mol. The standard InChI is InChI=1S/C12H11FN2O2/c1-7-14-10(12(17)15(7)2)6-8-5-9(13)3-4-11(8)16/h3-6,16H,1-2H3/b10-6-. The average molecular weight is 234 g/mol. The van der Waals surface area contributed by atoms with Gasteiger partial charge in [-0.05, 0) is 31.2 Å². The highest BCUT2D eigenvalue weighted by Gasteiger charge is 2.23. The van der Waals surface area contributed by atoms with E-state index in [1.54, 1.807) is 14.0 Å². The Morgan fingerprint density at radius 2 is 2.18 bits per heavy atom. The molecule has 2 rings (SSSR count). The van der Waals surface area contributed by atoms with Gasteiger partial charge in [-0.25, -0.2) is 9.38 Å². The summed E-state index contributed by atoms with van der Waals surface area (Å²) < 4.78 is 13.0. The number of likely N-dealkylation sites (N-methyl/N-ethyl adjacent to an activating group) is 1. The molecule has 5 heteroatoms. The Balaban J connectivity index is 2.44. The van der Waals surface area contributed by atoms with Crippen LogP contribution in [0, 0.1) is 5.82 Å². The van der Waals surface area contributed by atoms with Gasteiger partial charge < -0.3 is 5.11 Å². The minimum atomic E-state index is -0.478. The minimum absolute atomic E-state index is 0.0888. The van der Waals surface area contributed by atoms with Crippen LogP contribution in [-0.2, 0) is 4.79 Å². The molecule has 1 aromatic rings. The first-order valence-corrected chi connectivity index (χ1v) is 5.02. The first-order valence-electron chi connectivity index (χ1n) is 5.02. The fraction of sp³-hybridized carbons (Fsp3) is 0.167. The van der Waals surface area contributed by atoms with Crippen molar-refractivity contribution in [2.24, 2.45) is 4.99 Å². The first-order chi connectivity index (χ1) is 7.99. The van der Waals surface area contributed by atoms with E-state index in [1.165, 1.54) is 17.0 Å². The van der Waals surface area contributed by atoms with E-state index < -0.39 is 5.82 Å². The monoisotopic (exact) mass is 234 g/mol. The highest BCUT2D eigenvalue weighted by Crippen LogP contribution is 2.23. The lowest BCUT2D eigenvalue weighted by Gasteiger charge is -2.06. The van der Waals surface area contributed by atoms with E-state index in [0.29, 0.717) is 5.84 Å². The van der Waals surface area contributed by atoms with E-state index in [1.807, 2.05) is 0 Å². The lowest BCUT2D eigenvalue weighted by molar-refractivity contribution is -0.121. The number of hydrogen-bond donors (Lipinski definition) is 1.